The van der Waals surface area contributed by atoms with Crippen LogP contribution in [-0.2, 0) is 11.2 Å². The van der Waals surface area contributed by atoms with Crippen molar-refractivity contribution in [1.29, 1.82) is 0 Å². The van der Waals surface area contributed by atoms with E-state index in [0.717, 1.165) is 37.5 Å². The van der Waals surface area contributed by atoms with E-state index in [1.54, 1.807) is 7.11 Å². The summed E-state index contributed by atoms with van der Waals surface area (Å²) in [5, 5.41) is 3.50. The molecular formula is C15H23NO3. The Morgan fingerprint density at radius 2 is 2.05 bits per heavy atom. The lowest BCUT2D eigenvalue weighted by molar-refractivity contribution is 0.164. The minimum absolute atomic E-state index is 0.433. The Kier molecular flexibility index (Phi) is 5.48. The van der Waals surface area contributed by atoms with Gasteiger partial charge in [-0.15, -0.1) is 0 Å². The zero-order valence-corrected chi connectivity index (χ0v) is 11.8. The highest BCUT2D eigenvalue weighted by Crippen LogP contribution is 2.30. The Balaban J connectivity index is 1.82. The Hall–Kier alpha value is -1.26. The van der Waals surface area contributed by atoms with Gasteiger partial charge in [-0.3, -0.25) is 0 Å². The van der Waals surface area contributed by atoms with Crippen molar-refractivity contribution in [3.63, 3.8) is 0 Å². The summed E-state index contributed by atoms with van der Waals surface area (Å²) in [6.45, 7) is 5.16. The van der Waals surface area contributed by atoms with Crippen molar-refractivity contribution in [2.24, 2.45) is 0 Å². The van der Waals surface area contributed by atoms with E-state index >= 15 is 0 Å². The van der Waals surface area contributed by atoms with Crippen molar-refractivity contribution in [2.75, 3.05) is 33.5 Å². The number of fused-ring (bicyclic) bond motifs is 1. The van der Waals surface area contributed by atoms with Crippen molar-refractivity contribution in [3.05, 3.63) is 23.8 Å². The number of rotatable bonds is 7. The van der Waals surface area contributed by atoms with E-state index in [-0.39, 0.29) is 0 Å². The second kappa shape index (κ2) is 7.36. The average molecular weight is 265 g/mol. The zero-order valence-electron chi connectivity index (χ0n) is 11.8. The van der Waals surface area contributed by atoms with Crippen LogP contribution < -0.4 is 14.8 Å². The molecule has 106 valence electrons. The first kappa shape index (κ1) is 14.2. The number of ether oxygens (including phenoxy) is 3. The number of nitrogens with one attached hydrogen (secondary N) is 1. The molecule has 0 radical (unpaired) electrons. The average Bonchev–Trinajstić information content (AvgIpc) is 2.46. The van der Waals surface area contributed by atoms with E-state index in [9.17, 15) is 0 Å². The van der Waals surface area contributed by atoms with Gasteiger partial charge in [-0.05, 0) is 37.1 Å². The third-order valence-electron chi connectivity index (χ3n) is 3.31. The summed E-state index contributed by atoms with van der Waals surface area (Å²) < 4.78 is 16.3. The highest BCUT2D eigenvalue weighted by Gasteiger charge is 2.11. The monoisotopic (exact) mass is 265 g/mol. The molecule has 1 heterocycles. The molecule has 0 saturated heterocycles. The van der Waals surface area contributed by atoms with Crippen molar-refractivity contribution in [1.82, 2.24) is 5.32 Å². The van der Waals surface area contributed by atoms with Gasteiger partial charge in [0.1, 0.15) is 13.2 Å². The second-order valence-corrected chi connectivity index (χ2v) is 4.74. The summed E-state index contributed by atoms with van der Waals surface area (Å²) in [5.41, 5.74) is 1.27. The molecule has 0 bridgehead atoms. The second-order valence-electron chi connectivity index (χ2n) is 4.74. The first-order chi connectivity index (χ1) is 9.33. The van der Waals surface area contributed by atoms with E-state index in [2.05, 4.69) is 24.4 Å². The fourth-order valence-corrected chi connectivity index (χ4v) is 2.19. The molecule has 2 rings (SSSR count). The summed E-state index contributed by atoms with van der Waals surface area (Å²) >= 11 is 0. The minimum atomic E-state index is 0.433. The van der Waals surface area contributed by atoms with Crippen LogP contribution in [0.2, 0.25) is 0 Å². The Labute approximate surface area is 115 Å². The molecule has 1 atom stereocenters. The smallest absolute Gasteiger partial charge is 0.161 e. The van der Waals surface area contributed by atoms with E-state index in [0.29, 0.717) is 19.3 Å². The van der Waals surface area contributed by atoms with Crippen LogP contribution in [0, 0.1) is 0 Å². The van der Waals surface area contributed by atoms with Crippen LogP contribution in [0.4, 0.5) is 0 Å². The Morgan fingerprint density at radius 1 is 1.26 bits per heavy atom. The zero-order chi connectivity index (χ0) is 13.5. The van der Waals surface area contributed by atoms with E-state index < -0.39 is 0 Å². The predicted octanol–water partition coefficient (Wildman–Crippen LogP) is 2.01. The largest absolute Gasteiger partial charge is 0.486 e. The molecule has 0 saturated carbocycles. The minimum Gasteiger partial charge on any atom is -0.486 e. The molecule has 1 aliphatic heterocycles. The first-order valence-electron chi connectivity index (χ1n) is 6.94. The first-order valence-corrected chi connectivity index (χ1v) is 6.94. The highest BCUT2D eigenvalue weighted by molar-refractivity contribution is 5.43. The molecule has 0 aromatic heterocycles. The topological polar surface area (TPSA) is 39.7 Å². The van der Waals surface area contributed by atoms with Crippen LogP contribution >= 0.6 is 0 Å². The van der Waals surface area contributed by atoms with Crippen molar-refractivity contribution >= 4 is 0 Å². The predicted molar refractivity (Wildman–Crippen MR) is 75.1 cm³/mol. The molecule has 0 aliphatic carbocycles. The molecular weight excluding hydrogens is 242 g/mol. The van der Waals surface area contributed by atoms with Gasteiger partial charge in [0.25, 0.3) is 0 Å². The van der Waals surface area contributed by atoms with Crippen molar-refractivity contribution in [3.8, 4) is 11.5 Å². The molecule has 19 heavy (non-hydrogen) atoms. The van der Waals surface area contributed by atoms with E-state index in [1.165, 1.54) is 5.56 Å². The molecule has 1 unspecified atom stereocenters. The fourth-order valence-electron chi connectivity index (χ4n) is 2.19. The third-order valence-corrected chi connectivity index (χ3v) is 3.31. The van der Waals surface area contributed by atoms with Gasteiger partial charge in [0.05, 0.1) is 6.61 Å². The molecule has 4 nitrogen and oxygen atoms in total. The summed E-state index contributed by atoms with van der Waals surface area (Å²) in [5.74, 6) is 1.72. The Morgan fingerprint density at radius 3 is 2.79 bits per heavy atom. The van der Waals surface area contributed by atoms with Crippen molar-refractivity contribution < 1.29 is 14.2 Å². The van der Waals surface area contributed by atoms with Gasteiger partial charge in [-0.2, -0.15) is 0 Å². The summed E-state index contributed by atoms with van der Waals surface area (Å²) in [7, 11) is 1.74. The molecule has 1 N–H and O–H groups in total. The fraction of sp³-hybridized carbons (Fsp3) is 0.600. The van der Waals surface area contributed by atoms with Crippen LogP contribution in [0.5, 0.6) is 11.5 Å². The van der Waals surface area contributed by atoms with Gasteiger partial charge in [0.2, 0.25) is 0 Å². The molecule has 1 aromatic carbocycles. The van der Waals surface area contributed by atoms with Gasteiger partial charge in [-0.1, -0.05) is 13.0 Å². The van der Waals surface area contributed by atoms with Crippen LogP contribution in [0.1, 0.15) is 18.9 Å². The normalized spacial score (nSPS) is 15.3. The van der Waals surface area contributed by atoms with Gasteiger partial charge >= 0.3 is 0 Å². The summed E-state index contributed by atoms with van der Waals surface area (Å²) in [4.78, 5) is 0. The molecule has 1 aromatic rings. The van der Waals surface area contributed by atoms with Crippen molar-refractivity contribution in [2.45, 2.75) is 25.8 Å². The number of methoxy groups -OCH3 is 1. The molecule has 0 fully saturated rings. The maximum atomic E-state index is 5.59. The lowest BCUT2D eigenvalue weighted by Crippen LogP contribution is -2.34. The quantitative estimate of drug-likeness (QED) is 0.818. The Bertz CT molecular complexity index is 395. The van der Waals surface area contributed by atoms with Gasteiger partial charge < -0.3 is 19.5 Å². The van der Waals surface area contributed by atoms with Gasteiger partial charge in [-0.25, -0.2) is 0 Å². The third kappa shape index (κ3) is 4.11. The molecule has 0 spiro atoms. The standard InChI is InChI=1S/C15H23NO3/c1-3-13(11-17-2)16-7-6-12-4-5-14-15(10-12)19-9-8-18-14/h4-5,10,13,16H,3,6-9,11H2,1-2H3. The highest BCUT2D eigenvalue weighted by atomic mass is 16.6. The van der Waals surface area contributed by atoms with E-state index in [1.807, 2.05) is 6.07 Å². The van der Waals surface area contributed by atoms with Gasteiger partial charge in [0.15, 0.2) is 11.5 Å². The maximum Gasteiger partial charge on any atom is 0.161 e. The lowest BCUT2D eigenvalue weighted by Gasteiger charge is -2.19. The van der Waals surface area contributed by atoms with Gasteiger partial charge in [0, 0.05) is 13.2 Å². The number of benzene rings is 1. The van der Waals surface area contributed by atoms with E-state index in [4.69, 9.17) is 14.2 Å². The SMILES string of the molecule is CCC(COC)NCCc1ccc2c(c1)OCCO2. The van der Waals surface area contributed by atoms with Crippen LogP contribution in [0.15, 0.2) is 18.2 Å². The van der Waals surface area contributed by atoms with Crippen LogP contribution in [0.25, 0.3) is 0 Å². The summed E-state index contributed by atoms with van der Waals surface area (Å²) in [6, 6.07) is 6.61. The van der Waals surface area contributed by atoms with Crippen LogP contribution in [0.3, 0.4) is 0 Å². The lowest BCUT2D eigenvalue weighted by atomic mass is 10.1. The number of hydrogen-bond acceptors (Lipinski definition) is 4. The molecule has 4 heteroatoms. The number of hydrogen-bond donors (Lipinski definition) is 1. The maximum absolute atomic E-state index is 5.59. The van der Waals surface area contributed by atoms with Crippen LogP contribution in [-0.4, -0.2) is 39.5 Å². The molecule has 0 amide bonds. The summed E-state index contributed by atoms with van der Waals surface area (Å²) in [6.07, 6.45) is 2.06. The molecule has 1 aliphatic rings.